The van der Waals surface area contributed by atoms with Crippen molar-refractivity contribution in [1.29, 1.82) is 0 Å². The Morgan fingerprint density at radius 1 is 1.41 bits per heavy atom. The molecule has 0 aliphatic carbocycles. The molecule has 4 nitrogen and oxygen atoms in total. The summed E-state index contributed by atoms with van der Waals surface area (Å²) in [7, 11) is 0. The van der Waals surface area contributed by atoms with Crippen molar-refractivity contribution in [2.45, 2.75) is 20.3 Å². The molecule has 1 heterocycles. The summed E-state index contributed by atoms with van der Waals surface area (Å²) in [6, 6.07) is 4.99. The smallest absolute Gasteiger partial charge is 0.308 e. The van der Waals surface area contributed by atoms with Crippen molar-refractivity contribution in [3.63, 3.8) is 0 Å². The van der Waals surface area contributed by atoms with Gasteiger partial charge in [-0.25, -0.2) is 0 Å². The van der Waals surface area contributed by atoms with E-state index in [1.165, 1.54) is 13.0 Å². The molecular formula is C13H12O4. The first-order chi connectivity index (χ1) is 8.13. The third-order valence-corrected chi connectivity index (χ3v) is 2.41. The van der Waals surface area contributed by atoms with Crippen LogP contribution in [0.5, 0.6) is 5.75 Å². The lowest BCUT2D eigenvalue weighted by atomic mass is 10.1. The molecule has 0 radical (unpaired) electrons. The molecule has 0 bridgehead atoms. The number of ether oxygens (including phenoxy) is 1. The van der Waals surface area contributed by atoms with E-state index in [-0.39, 0.29) is 0 Å². The fourth-order valence-electron chi connectivity index (χ4n) is 1.66. The van der Waals surface area contributed by atoms with Gasteiger partial charge in [0.2, 0.25) is 0 Å². The number of aldehydes is 1. The van der Waals surface area contributed by atoms with Gasteiger partial charge in [-0.2, -0.15) is 0 Å². The van der Waals surface area contributed by atoms with E-state index in [1.807, 2.05) is 13.0 Å². The zero-order chi connectivity index (χ0) is 12.4. The average Bonchev–Trinajstić information content (AvgIpc) is 2.71. The number of esters is 1. The summed E-state index contributed by atoms with van der Waals surface area (Å²) in [5.41, 5.74) is 0.980. The van der Waals surface area contributed by atoms with Gasteiger partial charge in [0.1, 0.15) is 23.4 Å². The van der Waals surface area contributed by atoms with Gasteiger partial charge in [0.25, 0.3) is 0 Å². The van der Waals surface area contributed by atoms with E-state index in [0.717, 1.165) is 12.2 Å². The highest BCUT2D eigenvalue weighted by molar-refractivity contribution is 5.92. The highest BCUT2D eigenvalue weighted by Gasteiger charge is 2.12. The van der Waals surface area contributed by atoms with Crippen LogP contribution in [0.25, 0.3) is 11.0 Å². The largest absolute Gasteiger partial charge is 0.461 e. The molecule has 0 N–H and O–H groups in total. The number of hydrogen-bond acceptors (Lipinski definition) is 4. The van der Waals surface area contributed by atoms with Gasteiger partial charge in [-0.3, -0.25) is 9.59 Å². The maximum atomic E-state index is 11.0. The van der Waals surface area contributed by atoms with Gasteiger partial charge < -0.3 is 9.15 Å². The van der Waals surface area contributed by atoms with E-state index in [2.05, 4.69) is 0 Å². The lowest BCUT2D eigenvalue weighted by molar-refractivity contribution is -0.131. The predicted octanol–water partition coefficient (Wildman–Crippen LogP) is 2.73. The molecule has 0 unspecified atom stereocenters. The number of rotatable bonds is 3. The van der Waals surface area contributed by atoms with Crippen molar-refractivity contribution in [2.24, 2.45) is 0 Å². The Morgan fingerprint density at radius 3 is 2.76 bits per heavy atom. The molecule has 0 aliphatic heterocycles. The third kappa shape index (κ3) is 2.20. The van der Waals surface area contributed by atoms with Crippen LogP contribution in [-0.2, 0) is 11.2 Å². The summed E-state index contributed by atoms with van der Waals surface area (Å²) in [4.78, 5) is 21.8. The van der Waals surface area contributed by atoms with Gasteiger partial charge in [0.15, 0.2) is 0 Å². The summed E-state index contributed by atoms with van der Waals surface area (Å²) < 4.78 is 10.6. The Hall–Kier alpha value is -2.10. The molecule has 4 heteroatoms. The summed E-state index contributed by atoms with van der Waals surface area (Å²) in [5.74, 6) is 0.727. The second kappa shape index (κ2) is 4.41. The van der Waals surface area contributed by atoms with Crippen molar-refractivity contribution in [3.8, 4) is 5.75 Å². The molecule has 1 aromatic heterocycles. The minimum Gasteiger partial charge on any atom is -0.461 e. The highest BCUT2D eigenvalue weighted by Crippen LogP contribution is 2.30. The van der Waals surface area contributed by atoms with E-state index in [1.54, 1.807) is 6.07 Å². The second-order valence-corrected chi connectivity index (χ2v) is 3.71. The number of benzene rings is 1. The lowest BCUT2D eigenvalue weighted by Gasteiger charge is -2.02. The van der Waals surface area contributed by atoms with Gasteiger partial charge in [-0.1, -0.05) is 6.92 Å². The standard InChI is InChI=1S/C13H12O4/c1-3-10-6-11-12(16-8(2)15)4-9(7-14)5-13(11)17-10/h4-7H,3H2,1-2H3. The van der Waals surface area contributed by atoms with Gasteiger partial charge in [-0.15, -0.1) is 0 Å². The van der Waals surface area contributed by atoms with Crippen LogP contribution in [0.15, 0.2) is 22.6 Å². The van der Waals surface area contributed by atoms with Crippen LogP contribution < -0.4 is 4.74 Å². The predicted molar refractivity (Wildman–Crippen MR) is 62.3 cm³/mol. The topological polar surface area (TPSA) is 56.5 Å². The Labute approximate surface area is 98.2 Å². The lowest BCUT2D eigenvalue weighted by Crippen LogP contribution is -2.02. The van der Waals surface area contributed by atoms with Crippen LogP contribution in [0.4, 0.5) is 0 Å². The first kappa shape index (κ1) is 11.4. The molecule has 2 rings (SSSR count). The monoisotopic (exact) mass is 232 g/mol. The number of carbonyl (C=O) groups excluding carboxylic acids is 2. The maximum Gasteiger partial charge on any atom is 0.308 e. The molecule has 1 aromatic carbocycles. The van der Waals surface area contributed by atoms with Crippen LogP contribution in [0.1, 0.15) is 30.0 Å². The number of hydrogen-bond donors (Lipinski definition) is 0. The first-order valence-corrected chi connectivity index (χ1v) is 5.34. The van der Waals surface area contributed by atoms with Crippen molar-refractivity contribution in [1.82, 2.24) is 0 Å². The molecule has 0 atom stereocenters. The molecule has 2 aromatic rings. The van der Waals surface area contributed by atoms with Gasteiger partial charge in [0, 0.05) is 18.9 Å². The average molecular weight is 232 g/mol. The van der Waals surface area contributed by atoms with Crippen molar-refractivity contribution < 1.29 is 18.7 Å². The van der Waals surface area contributed by atoms with E-state index >= 15 is 0 Å². The summed E-state index contributed by atoms with van der Waals surface area (Å²) >= 11 is 0. The van der Waals surface area contributed by atoms with E-state index < -0.39 is 5.97 Å². The summed E-state index contributed by atoms with van der Waals surface area (Å²) in [6.45, 7) is 3.28. The first-order valence-electron chi connectivity index (χ1n) is 5.34. The number of fused-ring (bicyclic) bond motifs is 1. The van der Waals surface area contributed by atoms with Gasteiger partial charge >= 0.3 is 5.97 Å². The fraction of sp³-hybridized carbons (Fsp3) is 0.231. The van der Waals surface area contributed by atoms with Crippen LogP contribution in [0.2, 0.25) is 0 Å². The van der Waals surface area contributed by atoms with Crippen LogP contribution in [0.3, 0.4) is 0 Å². The van der Waals surface area contributed by atoms with Crippen molar-refractivity contribution in [3.05, 3.63) is 29.5 Å². The molecule has 17 heavy (non-hydrogen) atoms. The molecule has 0 spiro atoms. The number of furan rings is 1. The quantitative estimate of drug-likeness (QED) is 0.464. The number of carbonyl (C=O) groups is 2. The zero-order valence-electron chi connectivity index (χ0n) is 9.65. The van der Waals surface area contributed by atoms with Crippen LogP contribution in [0, 0.1) is 0 Å². The minimum atomic E-state index is -0.423. The summed E-state index contributed by atoms with van der Waals surface area (Å²) in [5, 5.41) is 0.711. The zero-order valence-corrected chi connectivity index (χ0v) is 9.65. The van der Waals surface area contributed by atoms with E-state index in [0.29, 0.717) is 28.6 Å². The van der Waals surface area contributed by atoms with Crippen LogP contribution >= 0.6 is 0 Å². The normalized spacial score (nSPS) is 10.5. The van der Waals surface area contributed by atoms with Crippen LogP contribution in [-0.4, -0.2) is 12.3 Å². The van der Waals surface area contributed by atoms with E-state index in [9.17, 15) is 9.59 Å². The molecular weight excluding hydrogens is 220 g/mol. The number of aryl methyl sites for hydroxylation is 1. The van der Waals surface area contributed by atoms with Gasteiger partial charge in [0.05, 0.1) is 5.39 Å². The Bertz CT molecular complexity index is 580. The molecule has 0 aliphatic rings. The molecule has 0 fully saturated rings. The molecule has 0 saturated heterocycles. The van der Waals surface area contributed by atoms with Crippen molar-refractivity contribution in [2.75, 3.05) is 0 Å². The molecule has 88 valence electrons. The van der Waals surface area contributed by atoms with Gasteiger partial charge in [-0.05, 0) is 18.2 Å². The fourth-order valence-corrected chi connectivity index (χ4v) is 1.66. The Morgan fingerprint density at radius 2 is 2.18 bits per heavy atom. The molecule has 0 saturated carbocycles. The van der Waals surface area contributed by atoms with E-state index in [4.69, 9.17) is 9.15 Å². The Kier molecular flexibility index (Phi) is 2.95. The molecule has 0 amide bonds. The van der Waals surface area contributed by atoms with Crippen molar-refractivity contribution >= 4 is 23.2 Å². The SMILES string of the molecule is CCc1cc2c(OC(C)=O)cc(C=O)cc2o1. The minimum absolute atomic E-state index is 0.362. The second-order valence-electron chi connectivity index (χ2n) is 3.71. The Balaban J connectivity index is 2.64. The third-order valence-electron chi connectivity index (χ3n) is 2.41. The summed E-state index contributed by atoms with van der Waals surface area (Å²) in [6.07, 6.45) is 1.44. The maximum absolute atomic E-state index is 11.0. The highest BCUT2D eigenvalue weighted by atomic mass is 16.5.